The monoisotopic (exact) mass is 260 g/mol. The van der Waals surface area contributed by atoms with Crippen LogP contribution in [0.5, 0.6) is 0 Å². The normalized spacial score (nSPS) is 17.9. The van der Waals surface area contributed by atoms with Crippen molar-refractivity contribution in [1.82, 2.24) is 0 Å². The van der Waals surface area contributed by atoms with E-state index in [1.807, 2.05) is 0 Å². The van der Waals surface area contributed by atoms with Crippen LogP contribution in [-0.4, -0.2) is 67.5 Å². The van der Waals surface area contributed by atoms with E-state index in [0.717, 1.165) is 0 Å². The highest BCUT2D eigenvalue weighted by atomic mass is 31.2. The van der Waals surface area contributed by atoms with Crippen molar-refractivity contribution in [2.75, 3.05) is 13.2 Å². The van der Waals surface area contributed by atoms with Crippen LogP contribution in [0.1, 0.15) is 0 Å². The second-order valence-electron chi connectivity index (χ2n) is 2.86. The van der Waals surface area contributed by atoms with Crippen molar-refractivity contribution in [3.05, 3.63) is 0 Å². The van der Waals surface area contributed by atoms with Crippen LogP contribution in [0, 0.1) is 0 Å². The van der Waals surface area contributed by atoms with E-state index < -0.39 is 45.1 Å². The molecular weight excluding hydrogens is 247 g/mol. The van der Waals surface area contributed by atoms with Crippen molar-refractivity contribution in [1.29, 1.82) is 0 Å². The summed E-state index contributed by atoms with van der Waals surface area (Å²) in [6.07, 6.45) is -5.90. The number of aliphatic hydroxyl groups is 4. The molecule has 10 heteroatoms. The molecule has 0 fully saturated rings. The summed E-state index contributed by atoms with van der Waals surface area (Å²) >= 11 is 0. The lowest BCUT2D eigenvalue weighted by Crippen LogP contribution is -2.44. The van der Waals surface area contributed by atoms with Gasteiger partial charge in [-0.25, -0.2) is 4.57 Å². The number of phosphoric ester groups is 1. The fraction of sp³-hybridized carbons (Fsp3) is 0.833. The van der Waals surface area contributed by atoms with E-state index in [1.54, 1.807) is 0 Å². The molecule has 3 atom stereocenters. The lowest BCUT2D eigenvalue weighted by atomic mass is 10.1. The van der Waals surface area contributed by atoms with Gasteiger partial charge in [0.05, 0.1) is 13.2 Å². The first-order valence-electron chi connectivity index (χ1n) is 4.08. The minimum Gasteiger partial charge on any atom is -0.394 e. The van der Waals surface area contributed by atoms with Gasteiger partial charge in [-0.2, -0.15) is 0 Å². The van der Waals surface area contributed by atoms with Gasteiger partial charge in [-0.15, -0.1) is 0 Å². The van der Waals surface area contributed by atoms with E-state index in [2.05, 4.69) is 4.52 Å². The number of hydrogen-bond acceptors (Lipinski definition) is 7. The summed E-state index contributed by atoms with van der Waals surface area (Å²) in [6, 6.07) is 0. The topological polar surface area (TPSA) is 165 Å². The Balaban J connectivity index is 4.60. The Bertz CT molecular complexity index is 273. The number of phosphoric acid groups is 1. The number of carbonyl (C=O) groups is 1. The minimum absolute atomic E-state index is 0.930. The number of Topliss-reactive ketones (excluding diaryl/α,β-unsaturated/α-hetero) is 1. The molecule has 1 unspecified atom stereocenters. The molecule has 0 spiro atoms. The van der Waals surface area contributed by atoms with E-state index >= 15 is 0 Å². The van der Waals surface area contributed by atoms with Crippen LogP contribution in [-0.2, 0) is 13.9 Å². The van der Waals surface area contributed by atoms with Crippen molar-refractivity contribution in [2.24, 2.45) is 0 Å². The number of ketones is 1. The molecule has 0 aromatic carbocycles. The molecule has 0 heterocycles. The molecule has 0 bridgehead atoms. The predicted octanol–water partition coefficient (Wildman–Crippen LogP) is -3.26. The number of aliphatic hydroxyl groups excluding tert-OH is 4. The largest absolute Gasteiger partial charge is 0.470 e. The van der Waals surface area contributed by atoms with E-state index in [1.165, 1.54) is 0 Å². The van der Waals surface area contributed by atoms with Gasteiger partial charge in [0, 0.05) is 0 Å². The Morgan fingerprint density at radius 2 is 1.69 bits per heavy atom. The highest BCUT2D eigenvalue weighted by molar-refractivity contribution is 7.46. The molecule has 0 rings (SSSR count). The van der Waals surface area contributed by atoms with Gasteiger partial charge >= 0.3 is 7.82 Å². The second kappa shape index (κ2) is 6.38. The van der Waals surface area contributed by atoms with E-state index in [4.69, 9.17) is 30.2 Å². The second-order valence-corrected chi connectivity index (χ2v) is 4.06. The zero-order valence-electron chi connectivity index (χ0n) is 8.00. The Kier molecular flexibility index (Phi) is 6.23. The highest BCUT2D eigenvalue weighted by Gasteiger charge is 2.34. The molecule has 16 heavy (non-hydrogen) atoms. The molecule has 0 radical (unpaired) electrons. The maximum atomic E-state index is 11.2. The molecule has 0 saturated carbocycles. The van der Waals surface area contributed by atoms with Gasteiger partial charge < -0.3 is 30.2 Å². The van der Waals surface area contributed by atoms with E-state index in [0.29, 0.717) is 0 Å². The summed E-state index contributed by atoms with van der Waals surface area (Å²) in [4.78, 5) is 28.0. The zero-order chi connectivity index (χ0) is 12.9. The molecule has 0 aromatic heterocycles. The summed E-state index contributed by atoms with van der Waals surface area (Å²) in [6.45, 7) is -2.01. The van der Waals surface area contributed by atoms with Crippen LogP contribution in [0.3, 0.4) is 0 Å². The highest BCUT2D eigenvalue weighted by Crippen LogP contribution is 2.37. The molecule has 0 saturated heterocycles. The first-order valence-corrected chi connectivity index (χ1v) is 5.61. The van der Waals surface area contributed by atoms with Gasteiger partial charge in [-0.1, -0.05) is 0 Å². The smallest absolute Gasteiger partial charge is 0.394 e. The summed E-state index contributed by atoms with van der Waals surface area (Å²) in [5.74, 6) is -1.34. The maximum Gasteiger partial charge on any atom is 0.470 e. The van der Waals surface area contributed by atoms with Crippen molar-refractivity contribution in [3.63, 3.8) is 0 Å². The van der Waals surface area contributed by atoms with Gasteiger partial charge in [0.2, 0.25) is 0 Å². The first kappa shape index (κ1) is 15.6. The summed E-state index contributed by atoms with van der Waals surface area (Å²) in [7, 11) is -5.01. The third-order valence-corrected chi connectivity index (χ3v) is 2.12. The fourth-order valence-electron chi connectivity index (χ4n) is 0.821. The molecule has 96 valence electrons. The van der Waals surface area contributed by atoms with Gasteiger partial charge in [0.1, 0.15) is 12.2 Å². The van der Waals surface area contributed by atoms with Crippen molar-refractivity contribution in [3.8, 4) is 0 Å². The van der Waals surface area contributed by atoms with E-state index in [9.17, 15) is 9.36 Å². The van der Waals surface area contributed by atoms with Crippen LogP contribution in [0.15, 0.2) is 0 Å². The van der Waals surface area contributed by atoms with Crippen LogP contribution < -0.4 is 0 Å². The van der Waals surface area contributed by atoms with Gasteiger partial charge in [0.25, 0.3) is 0 Å². The molecule has 0 aromatic rings. The summed E-state index contributed by atoms with van der Waals surface area (Å²) in [5, 5.41) is 35.0. The van der Waals surface area contributed by atoms with Gasteiger partial charge in [-0.05, 0) is 0 Å². The third kappa shape index (κ3) is 5.10. The molecule has 9 nitrogen and oxygen atoms in total. The van der Waals surface area contributed by atoms with Crippen LogP contribution in [0.2, 0.25) is 0 Å². The predicted molar refractivity (Wildman–Crippen MR) is 48.1 cm³/mol. The average molecular weight is 260 g/mol. The summed E-state index contributed by atoms with van der Waals surface area (Å²) in [5.41, 5.74) is 0. The standard InChI is InChI=1S/C6H13O9P/c7-1-3(9)5(10)6(11)4(2-8)15-16(12,13)14/h3-5,7-10H,1-2H2,(H2,12,13,14)/t3?,4-,5-/m1/s1. The molecule has 0 aliphatic carbocycles. The third-order valence-electron chi connectivity index (χ3n) is 1.59. The van der Waals surface area contributed by atoms with Crippen molar-refractivity contribution < 1.29 is 44.1 Å². The Labute approximate surface area is 90.2 Å². The fourth-order valence-corrected chi connectivity index (χ4v) is 1.32. The Morgan fingerprint density at radius 1 is 1.19 bits per heavy atom. The summed E-state index contributed by atoms with van der Waals surface area (Å²) < 4.78 is 14.3. The Morgan fingerprint density at radius 3 is 2.00 bits per heavy atom. The molecule has 0 aliphatic rings. The molecule has 0 amide bonds. The van der Waals surface area contributed by atoms with Crippen LogP contribution in [0.4, 0.5) is 0 Å². The number of carbonyl (C=O) groups excluding carboxylic acids is 1. The first-order chi connectivity index (χ1) is 7.22. The molecular formula is C6H13O9P. The quantitative estimate of drug-likeness (QED) is 0.258. The number of hydrogen-bond donors (Lipinski definition) is 6. The lowest BCUT2D eigenvalue weighted by Gasteiger charge is -2.20. The van der Waals surface area contributed by atoms with Crippen molar-refractivity contribution >= 4 is 13.6 Å². The van der Waals surface area contributed by atoms with Crippen molar-refractivity contribution in [2.45, 2.75) is 18.3 Å². The van der Waals surface area contributed by atoms with Gasteiger partial charge in [-0.3, -0.25) is 9.32 Å². The average Bonchev–Trinajstić information content (AvgIpc) is 2.21. The lowest BCUT2D eigenvalue weighted by molar-refractivity contribution is -0.144. The van der Waals surface area contributed by atoms with Crippen LogP contribution in [0.25, 0.3) is 0 Å². The van der Waals surface area contributed by atoms with Gasteiger partial charge in [0.15, 0.2) is 11.9 Å². The molecule has 6 N–H and O–H groups in total. The Hall–Kier alpha value is -0.380. The maximum absolute atomic E-state index is 11.2. The minimum atomic E-state index is -5.01. The van der Waals surface area contributed by atoms with Crippen LogP contribution >= 0.6 is 7.82 Å². The number of rotatable bonds is 7. The SMILES string of the molecule is O=C([C@@H](CO)OP(=O)(O)O)[C@H](O)C(O)CO. The van der Waals surface area contributed by atoms with E-state index in [-0.39, 0.29) is 0 Å². The molecule has 0 aliphatic heterocycles. The zero-order valence-corrected chi connectivity index (χ0v) is 8.90.